The molecule has 0 aromatic heterocycles. The maximum Gasteiger partial charge on any atom is 0.251 e. The zero-order chi connectivity index (χ0) is 14.8. The van der Waals surface area contributed by atoms with Crippen molar-refractivity contribution in [1.29, 1.82) is 0 Å². The smallest absolute Gasteiger partial charge is 0.251 e. The predicted octanol–water partition coefficient (Wildman–Crippen LogP) is 2.98. The van der Waals surface area contributed by atoms with Crippen LogP contribution in [0.4, 0.5) is 5.69 Å². The third-order valence-corrected chi connectivity index (χ3v) is 4.24. The summed E-state index contributed by atoms with van der Waals surface area (Å²) in [5.74, 6) is 0.536. The number of ether oxygens (including phenoxy) is 1. The van der Waals surface area contributed by atoms with E-state index in [9.17, 15) is 4.79 Å². The number of nitrogen functional groups attached to an aromatic ring is 1. The SMILES string of the molecule is COc1cc(N)cc(C(=O)NC2CCCCC2(C)C)c1. The largest absolute Gasteiger partial charge is 0.497 e. The van der Waals surface area contributed by atoms with Gasteiger partial charge in [0.2, 0.25) is 0 Å². The number of carbonyl (C=O) groups is 1. The molecule has 3 N–H and O–H groups in total. The minimum absolute atomic E-state index is 0.0735. The number of benzene rings is 1. The van der Waals surface area contributed by atoms with Crippen LogP contribution in [0.25, 0.3) is 0 Å². The van der Waals surface area contributed by atoms with Gasteiger partial charge < -0.3 is 15.8 Å². The van der Waals surface area contributed by atoms with Crippen molar-refractivity contribution in [2.24, 2.45) is 5.41 Å². The standard InChI is InChI=1S/C16H24N2O2/c1-16(2)7-5-4-6-14(16)18-15(19)11-8-12(17)10-13(9-11)20-3/h8-10,14H,4-7,17H2,1-3H3,(H,18,19). The fraction of sp³-hybridized carbons (Fsp3) is 0.562. The molecule has 0 bridgehead atoms. The normalized spacial score (nSPS) is 21.2. The van der Waals surface area contributed by atoms with E-state index < -0.39 is 0 Å². The number of nitrogens with two attached hydrogens (primary N) is 1. The van der Waals surface area contributed by atoms with Crippen molar-refractivity contribution < 1.29 is 9.53 Å². The molecule has 1 saturated carbocycles. The molecule has 4 heteroatoms. The number of rotatable bonds is 3. The molecule has 0 spiro atoms. The summed E-state index contributed by atoms with van der Waals surface area (Å²) in [7, 11) is 1.57. The van der Waals surface area contributed by atoms with Crippen molar-refractivity contribution in [3.63, 3.8) is 0 Å². The Hall–Kier alpha value is -1.71. The zero-order valence-corrected chi connectivity index (χ0v) is 12.5. The Balaban J connectivity index is 2.13. The Labute approximate surface area is 120 Å². The molecule has 0 radical (unpaired) electrons. The molecule has 0 heterocycles. The van der Waals surface area contributed by atoms with Crippen molar-refractivity contribution in [2.45, 2.75) is 45.6 Å². The quantitative estimate of drug-likeness (QED) is 0.834. The van der Waals surface area contributed by atoms with Gasteiger partial charge in [0.15, 0.2) is 0 Å². The molecular weight excluding hydrogens is 252 g/mol. The lowest BCUT2D eigenvalue weighted by Gasteiger charge is -2.39. The Kier molecular flexibility index (Phi) is 4.21. The lowest BCUT2D eigenvalue weighted by atomic mass is 9.73. The first kappa shape index (κ1) is 14.7. The lowest BCUT2D eigenvalue weighted by molar-refractivity contribution is 0.0853. The van der Waals surface area contributed by atoms with Gasteiger partial charge in [0.05, 0.1) is 7.11 Å². The van der Waals surface area contributed by atoms with Crippen LogP contribution in [0.1, 0.15) is 49.9 Å². The average Bonchev–Trinajstić information content (AvgIpc) is 2.40. The highest BCUT2D eigenvalue weighted by Gasteiger charge is 2.33. The molecule has 110 valence electrons. The van der Waals surface area contributed by atoms with E-state index >= 15 is 0 Å². The maximum atomic E-state index is 12.4. The van der Waals surface area contributed by atoms with Gasteiger partial charge in [-0.2, -0.15) is 0 Å². The molecule has 1 aromatic rings. The van der Waals surface area contributed by atoms with Crippen LogP contribution in [-0.2, 0) is 0 Å². The van der Waals surface area contributed by atoms with Gasteiger partial charge in [-0.1, -0.05) is 26.7 Å². The molecule has 2 rings (SSSR count). The van der Waals surface area contributed by atoms with Gasteiger partial charge >= 0.3 is 0 Å². The Morgan fingerprint density at radius 1 is 1.35 bits per heavy atom. The first-order chi connectivity index (χ1) is 9.42. The number of hydrogen-bond acceptors (Lipinski definition) is 3. The minimum atomic E-state index is -0.0735. The maximum absolute atomic E-state index is 12.4. The minimum Gasteiger partial charge on any atom is -0.497 e. The first-order valence-corrected chi connectivity index (χ1v) is 7.18. The van der Waals surface area contributed by atoms with Gasteiger partial charge in [0.1, 0.15) is 5.75 Å². The summed E-state index contributed by atoms with van der Waals surface area (Å²) in [5, 5.41) is 3.15. The van der Waals surface area contributed by atoms with E-state index in [-0.39, 0.29) is 17.4 Å². The van der Waals surface area contributed by atoms with Crippen LogP contribution in [0.3, 0.4) is 0 Å². The summed E-state index contributed by atoms with van der Waals surface area (Å²) < 4.78 is 5.16. The summed E-state index contributed by atoms with van der Waals surface area (Å²) in [6, 6.07) is 5.34. The topological polar surface area (TPSA) is 64.3 Å². The fourth-order valence-electron chi connectivity index (χ4n) is 2.87. The number of nitrogens with one attached hydrogen (secondary N) is 1. The number of hydrogen-bond donors (Lipinski definition) is 2. The molecule has 1 aliphatic rings. The van der Waals surface area contributed by atoms with Crippen LogP contribution >= 0.6 is 0 Å². The second kappa shape index (κ2) is 5.73. The zero-order valence-electron chi connectivity index (χ0n) is 12.5. The second-order valence-electron chi connectivity index (χ2n) is 6.26. The molecular formula is C16H24N2O2. The van der Waals surface area contributed by atoms with Crippen molar-refractivity contribution >= 4 is 11.6 Å². The molecule has 1 unspecified atom stereocenters. The third kappa shape index (κ3) is 3.24. The third-order valence-electron chi connectivity index (χ3n) is 4.24. The van der Waals surface area contributed by atoms with E-state index in [0.717, 1.165) is 12.8 Å². The van der Waals surface area contributed by atoms with Crippen LogP contribution in [0, 0.1) is 5.41 Å². The van der Waals surface area contributed by atoms with Gasteiger partial charge in [-0.05, 0) is 30.4 Å². The molecule has 1 atom stereocenters. The monoisotopic (exact) mass is 276 g/mol. The van der Waals surface area contributed by atoms with Gasteiger partial charge in [-0.3, -0.25) is 4.79 Å². The Morgan fingerprint density at radius 2 is 2.10 bits per heavy atom. The predicted molar refractivity (Wildman–Crippen MR) is 80.9 cm³/mol. The van der Waals surface area contributed by atoms with E-state index in [1.807, 2.05) is 0 Å². The first-order valence-electron chi connectivity index (χ1n) is 7.18. The van der Waals surface area contributed by atoms with Crippen molar-refractivity contribution in [2.75, 3.05) is 12.8 Å². The van der Waals surface area contributed by atoms with Crippen LogP contribution in [0.15, 0.2) is 18.2 Å². The number of carbonyl (C=O) groups excluding carboxylic acids is 1. The van der Waals surface area contributed by atoms with E-state index in [1.54, 1.807) is 25.3 Å². The molecule has 1 fully saturated rings. The van der Waals surface area contributed by atoms with E-state index in [4.69, 9.17) is 10.5 Å². The molecule has 4 nitrogen and oxygen atoms in total. The summed E-state index contributed by atoms with van der Waals surface area (Å²) >= 11 is 0. The number of anilines is 1. The van der Waals surface area contributed by atoms with Crippen LogP contribution in [-0.4, -0.2) is 19.1 Å². The molecule has 20 heavy (non-hydrogen) atoms. The van der Waals surface area contributed by atoms with Crippen LogP contribution < -0.4 is 15.8 Å². The van der Waals surface area contributed by atoms with E-state index in [0.29, 0.717) is 17.0 Å². The highest BCUT2D eigenvalue weighted by Crippen LogP contribution is 2.35. The fourth-order valence-corrected chi connectivity index (χ4v) is 2.87. The van der Waals surface area contributed by atoms with Gasteiger partial charge in [0, 0.05) is 23.4 Å². The van der Waals surface area contributed by atoms with E-state index in [2.05, 4.69) is 19.2 Å². The molecule has 0 aliphatic heterocycles. The van der Waals surface area contributed by atoms with Crippen molar-refractivity contribution in [3.8, 4) is 5.75 Å². The molecule has 0 saturated heterocycles. The highest BCUT2D eigenvalue weighted by atomic mass is 16.5. The number of methoxy groups -OCH3 is 1. The van der Waals surface area contributed by atoms with Crippen LogP contribution in [0.2, 0.25) is 0 Å². The van der Waals surface area contributed by atoms with Gasteiger partial charge in [0.25, 0.3) is 5.91 Å². The van der Waals surface area contributed by atoms with Gasteiger partial charge in [-0.15, -0.1) is 0 Å². The Morgan fingerprint density at radius 3 is 2.75 bits per heavy atom. The van der Waals surface area contributed by atoms with Gasteiger partial charge in [-0.25, -0.2) is 0 Å². The van der Waals surface area contributed by atoms with Crippen molar-refractivity contribution in [1.82, 2.24) is 5.32 Å². The summed E-state index contributed by atoms with van der Waals surface area (Å²) in [6.45, 7) is 4.44. The summed E-state index contributed by atoms with van der Waals surface area (Å²) in [4.78, 5) is 12.4. The average molecular weight is 276 g/mol. The molecule has 1 aromatic carbocycles. The van der Waals surface area contributed by atoms with Crippen LogP contribution in [0.5, 0.6) is 5.75 Å². The molecule has 1 amide bonds. The molecule has 1 aliphatic carbocycles. The summed E-state index contributed by atoms with van der Waals surface area (Å²) in [6.07, 6.45) is 4.61. The van der Waals surface area contributed by atoms with E-state index in [1.165, 1.54) is 12.8 Å². The lowest BCUT2D eigenvalue weighted by Crippen LogP contribution is -2.46. The summed E-state index contributed by atoms with van der Waals surface area (Å²) in [5.41, 5.74) is 7.05. The highest BCUT2D eigenvalue weighted by molar-refractivity contribution is 5.95. The van der Waals surface area contributed by atoms with Crippen molar-refractivity contribution in [3.05, 3.63) is 23.8 Å². The Bertz CT molecular complexity index is 497. The number of amides is 1. The second-order valence-corrected chi connectivity index (χ2v) is 6.26.